The van der Waals surface area contributed by atoms with Crippen LogP contribution in [0.3, 0.4) is 0 Å². The lowest BCUT2D eigenvalue weighted by molar-refractivity contribution is 0.0935. The zero-order valence-electron chi connectivity index (χ0n) is 12.8. The molecule has 3 N–H and O–H groups in total. The molecule has 0 radical (unpaired) electrons. The largest absolute Gasteiger partial charge is 0.358 e. The Balaban J connectivity index is 1.79. The molecule has 1 saturated heterocycles. The van der Waals surface area contributed by atoms with Crippen LogP contribution in [0.15, 0.2) is 18.2 Å². The first kappa shape index (κ1) is 14.1. The minimum absolute atomic E-state index is 0.0313. The number of hydrogen-bond donors (Lipinski definition) is 3. The highest BCUT2D eigenvalue weighted by molar-refractivity contribution is 5.99. The molecular weight excluding hydrogens is 262 g/mol. The van der Waals surface area contributed by atoms with Crippen LogP contribution in [0.1, 0.15) is 40.9 Å². The fraction of sp³-hybridized carbons (Fsp3) is 0.471. The summed E-state index contributed by atoms with van der Waals surface area (Å²) in [4.78, 5) is 15.8. The van der Waals surface area contributed by atoms with Crippen LogP contribution in [-0.2, 0) is 0 Å². The number of benzene rings is 1. The van der Waals surface area contributed by atoms with Gasteiger partial charge in [0.25, 0.3) is 5.91 Å². The highest BCUT2D eigenvalue weighted by atomic mass is 16.1. The van der Waals surface area contributed by atoms with Crippen LogP contribution in [-0.4, -0.2) is 30.0 Å². The Labute approximate surface area is 125 Å². The molecule has 1 aliphatic heterocycles. The van der Waals surface area contributed by atoms with E-state index in [4.69, 9.17) is 0 Å². The fourth-order valence-electron chi connectivity index (χ4n) is 3.01. The molecule has 1 aliphatic rings. The van der Waals surface area contributed by atoms with E-state index in [9.17, 15) is 4.79 Å². The number of rotatable bonds is 2. The van der Waals surface area contributed by atoms with Crippen LogP contribution in [0.2, 0.25) is 0 Å². The summed E-state index contributed by atoms with van der Waals surface area (Å²) in [5.74, 6) is 0.0313. The van der Waals surface area contributed by atoms with Gasteiger partial charge in [-0.15, -0.1) is 0 Å². The summed E-state index contributed by atoms with van der Waals surface area (Å²) >= 11 is 0. The molecule has 4 nitrogen and oxygen atoms in total. The average Bonchev–Trinajstić information content (AvgIpc) is 2.67. The zero-order chi connectivity index (χ0) is 14.8. The summed E-state index contributed by atoms with van der Waals surface area (Å²) in [5, 5.41) is 7.67. The van der Waals surface area contributed by atoms with Crippen molar-refractivity contribution in [3.8, 4) is 0 Å². The summed E-state index contributed by atoms with van der Waals surface area (Å²) in [6, 6.07) is 6.13. The average molecular weight is 285 g/mol. The van der Waals surface area contributed by atoms with Crippen LogP contribution in [0.5, 0.6) is 0 Å². The number of carbonyl (C=O) groups excluding carboxylic acids is 1. The van der Waals surface area contributed by atoms with Gasteiger partial charge in [-0.05, 0) is 57.0 Å². The van der Waals surface area contributed by atoms with Crippen molar-refractivity contribution in [2.75, 3.05) is 13.1 Å². The smallest absolute Gasteiger partial charge is 0.251 e. The summed E-state index contributed by atoms with van der Waals surface area (Å²) in [7, 11) is 0. The molecule has 112 valence electrons. The molecule has 1 aromatic heterocycles. The van der Waals surface area contributed by atoms with Gasteiger partial charge in [-0.1, -0.05) is 6.42 Å². The molecule has 21 heavy (non-hydrogen) atoms. The predicted octanol–water partition coefficient (Wildman–Crippen LogP) is 2.66. The van der Waals surface area contributed by atoms with Gasteiger partial charge in [-0.3, -0.25) is 4.79 Å². The van der Waals surface area contributed by atoms with Gasteiger partial charge in [0.1, 0.15) is 0 Å². The van der Waals surface area contributed by atoms with Gasteiger partial charge in [0.2, 0.25) is 0 Å². The number of carbonyl (C=O) groups is 1. The van der Waals surface area contributed by atoms with Crippen molar-refractivity contribution < 1.29 is 4.79 Å². The van der Waals surface area contributed by atoms with Crippen LogP contribution in [0.25, 0.3) is 10.9 Å². The van der Waals surface area contributed by atoms with Crippen molar-refractivity contribution in [1.29, 1.82) is 0 Å². The van der Waals surface area contributed by atoms with Gasteiger partial charge in [-0.25, -0.2) is 0 Å². The van der Waals surface area contributed by atoms with Crippen molar-refractivity contribution in [2.24, 2.45) is 0 Å². The molecule has 0 spiro atoms. The zero-order valence-corrected chi connectivity index (χ0v) is 12.8. The van der Waals surface area contributed by atoms with Crippen LogP contribution in [0, 0.1) is 13.8 Å². The summed E-state index contributed by atoms with van der Waals surface area (Å²) in [5.41, 5.74) is 4.22. The molecule has 1 aromatic carbocycles. The maximum absolute atomic E-state index is 12.4. The second-order valence-electron chi connectivity index (χ2n) is 6.01. The van der Waals surface area contributed by atoms with Gasteiger partial charge in [0, 0.05) is 34.7 Å². The van der Waals surface area contributed by atoms with E-state index in [1.165, 1.54) is 18.4 Å². The van der Waals surface area contributed by atoms with Crippen LogP contribution in [0.4, 0.5) is 0 Å². The van der Waals surface area contributed by atoms with Gasteiger partial charge in [-0.2, -0.15) is 0 Å². The Morgan fingerprint density at radius 3 is 3.00 bits per heavy atom. The van der Waals surface area contributed by atoms with Crippen LogP contribution < -0.4 is 10.6 Å². The molecule has 1 fully saturated rings. The monoisotopic (exact) mass is 285 g/mol. The minimum Gasteiger partial charge on any atom is -0.358 e. The number of nitrogens with one attached hydrogen (secondary N) is 3. The van der Waals surface area contributed by atoms with E-state index in [0.29, 0.717) is 0 Å². The number of amides is 1. The van der Waals surface area contributed by atoms with E-state index in [1.807, 2.05) is 18.2 Å². The maximum Gasteiger partial charge on any atom is 0.251 e. The first-order chi connectivity index (χ1) is 10.1. The van der Waals surface area contributed by atoms with Crippen molar-refractivity contribution in [3.63, 3.8) is 0 Å². The number of fused-ring (bicyclic) bond motifs is 1. The number of aromatic nitrogens is 1. The normalized spacial score (nSPS) is 19.4. The molecular formula is C17H23N3O. The van der Waals surface area contributed by atoms with Gasteiger partial charge >= 0.3 is 0 Å². The minimum atomic E-state index is 0.0313. The molecule has 1 unspecified atom stereocenters. The molecule has 3 rings (SSSR count). The number of H-pyrrole nitrogens is 1. The first-order valence-corrected chi connectivity index (χ1v) is 7.75. The van der Waals surface area contributed by atoms with E-state index in [-0.39, 0.29) is 11.9 Å². The third kappa shape index (κ3) is 2.95. The molecule has 1 atom stereocenters. The first-order valence-electron chi connectivity index (χ1n) is 7.75. The second-order valence-corrected chi connectivity index (χ2v) is 6.01. The predicted molar refractivity (Wildman–Crippen MR) is 85.7 cm³/mol. The standard InChI is InChI=1S/C17H23N3O/c1-11-12(2)19-16-7-6-13(9-15(11)16)17(21)20-14-5-3-4-8-18-10-14/h6-7,9,14,18-19H,3-5,8,10H2,1-2H3,(H,20,21). The van der Waals surface area contributed by atoms with E-state index >= 15 is 0 Å². The lowest BCUT2D eigenvalue weighted by Gasteiger charge is -2.16. The molecule has 1 amide bonds. The molecule has 2 heterocycles. The molecule has 0 aliphatic carbocycles. The van der Waals surface area contributed by atoms with Crippen molar-refractivity contribution in [3.05, 3.63) is 35.0 Å². The van der Waals surface area contributed by atoms with E-state index in [2.05, 4.69) is 29.5 Å². The molecule has 0 bridgehead atoms. The lowest BCUT2D eigenvalue weighted by atomic mass is 10.1. The Morgan fingerprint density at radius 2 is 2.14 bits per heavy atom. The number of aromatic amines is 1. The third-order valence-electron chi connectivity index (χ3n) is 4.45. The molecule has 0 saturated carbocycles. The quantitative estimate of drug-likeness (QED) is 0.794. The Kier molecular flexibility index (Phi) is 3.97. The summed E-state index contributed by atoms with van der Waals surface area (Å²) in [6.07, 6.45) is 3.43. The number of hydrogen-bond acceptors (Lipinski definition) is 2. The third-order valence-corrected chi connectivity index (χ3v) is 4.45. The van der Waals surface area contributed by atoms with E-state index in [0.717, 1.165) is 41.7 Å². The lowest BCUT2D eigenvalue weighted by Crippen LogP contribution is -2.40. The topological polar surface area (TPSA) is 56.9 Å². The number of aryl methyl sites for hydroxylation is 2. The Hall–Kier alpha value is -1.81. The highest BCUT2D eigenvalue weighted by Crippen LogP contribution is 2.22. The van der Waals surface area contributed by atoms with E-state index < -0.39 is 0 Å². The Bertz CT molecular complexity index is 651. The highest BCUT2D eigenvalue weighted by Gasteiger charge is 2.16. The van der Waals surface area contributed by atoms with Crippen molar-refractivity contribution in [1.82, 2.24) is 15.6 Å². The van der Waals surface area contributed by atoms with Gasteiger partial charge in [0.05, 0.1) is 0 Å². The summed E-state index contributed by atoms with van der Waals surface area (Å²) < 4.78 is 0. The second kappa shape index (κ2) is 5.90. The van der Waals surface area contributed by atoms with Crippen molar-refractivity contribution >= 4 is 16.8 Å². The van der Waals surface area contributed by atoms with Gasteiger partial charge < -0.3 is 15.6 Å². The van der Waals surface area contributed by atoms with Gasteiger partial charge in [0.15, 0.2) is 0 Å². The van der Waals surface area contributed by atoms with Crippen LogP contribution >= 0.6 is 0 Å². The fourth-order valence-corrected chi connectivity index (χ4v) is 3.01. The Morgan fingerprint density at radius 1 is 1.29 bits per heavy atom. The maximum atomic E-state index is 12.4. The van der Waals surface area contributed by atoms with Crippen molar-refractivity contribution in [2.45, 2.75) is 39.2 Å². The SMILES string of the molecule is Cc1[nH]c2ccc(C(=O)NC3CCCCNC3)cc2c1C. The summed E-state index contributed by atoms with van der Waals surface area (Å²) in [6.45, 7) is 6.08. The van der Waals surface area contributed by atoms with E-state index in [1.54, 1.807) is 0 Å². The molecule has 2 aromatic rings. The molecule has 4 heteroatoms.